The fraction of sp³-hybridized carbons (Fsp3) is 0. The summed E-state index contributed by atoms with van der Waals surface area (Å²) in [4.78, 5) is 24.5. The van der Waals surface area contributed by atoms with Gasteiger partial charge >= 0.3 is 0 Å². The van der Waals surface area contributed by atoms with Crippen molar-refractivity contribution >= 4 is 39.2 Å². The molecule has 122 valence electrons. The minimum atomic E-state index is -0.732. The first-order valence-electron chi connectivity index (χ1n) is 7.75. The van der Waals surface area contributed by atoms with Gasteiger partial charge in [0.15, 0.2) is 0 Å². The normalized spacial score (nSPS) is 10.9. The predicted octanol–water partition coefficient (Wildman–Crippen LogP) is 3.94. The van der Waals surface area contributed by atoms with Crippen molar-refractivity contribution in [2.45, 2.75) is 0 Å². The molecule has 0 spiro atoms. The number of primary amides is 1. The fourth-order valence-electron chi connectivity index (χ4n) is 2.95. The average Bonchev–Trinajstić information content (AvgIpc) is 3.00. The van der Waals surface area contributed by atoms with Gasteiger partial charge in [-0.3, -0.25) is 9.59 Å². The average molecular weight is 330 g/mol. The summed E-state index contributed by atoms with van der Waals surface area (Å²) >= 11 is 0. The Kier molecular flexibility index (Phi) is 3.47. The van der Waals surface area contributed by atoms with Crippen LogP contribution < -0.4 is 11.1 Å². The van der Waals surface area contributed by atoms with E-state index in [2.05, 4.69) is 5.32 Å². The van der Waals surface area contributed by atoms with E-state index in [-0.39, 0.29) is 11.7 Å². The molecule has 5 nitrogen and oxygen atoms in total. The summed E-state index contributed by atoms with van der Waals surface area (Å²) in [6, 6.07) is 20.2. The third-order valence-electron chi connectivity index (χ3n) is 4.09. The van der Waals surface area contributed by atoms with Crippen LogP contribution in [0.1, 0.15) is 20.9 Å². The van der Waals surface area contributed by atoms with Crippen LogP contribution in [0.15, 0.2) is 71.1 Å². The van der Waals surface area contributed by atoms with Gasteiger partial charge < -0.3 is 15.5 Å². The second-order valence-corrected chi connectivity index (χ2v) is 5.65. The van der Waals surface area contributed by atoms with E-state index in [0.717, 1.165) is 10.8 Å². The lowest BCUT2D eigenvalue weighted by Gasteiger charge is -2.08. The van der Waals surface area contributed by atoms with E-state index in [4.69, 9.17) is 10.2 Å². The Morgan fingerprint density at radius 2 is 1.52 bits per heavy atom. The zero-order chi connectivity index (χ0) is 17.4. The summed E-state index contributed by atoms with van der Waals surface area (Å²) in [5.41, 5.74) is 6.70. The van der Waals surface area contributed by atoms with Gasteiger partial charge in [0.25, 0.3) is 11.8 Å². The predicted molar refractivity (Wildman–Crippen MR) is 96.6 cm³/mol. The van der Waals surface area contributed by atoms with Gasteiger partial charge in [-0.05, 0) is 29.0 Å². The zero-order valence-corrected chi connectivity index (χ0v) is 13.2. The molecule has 0 fully saturated rings. The number of carbonyl (C=O) groups excluding carboxylic acids is 2. The number of rotatable bonds is 3. The zero-order valence-electron chi connectivity index (χ0n) is 13.2. The smallest absolute Gasteiger partial charge is 0.286 e. The van der Waals surface area contributed by atoms with E-state index < -0.39 is 5.91 Å². The molecule has 0 aliphatic carbocycles. The highest BCUT2D eigenvalue weighted by molar-refractivity contribution is 6.17. The molecule has 1 aromatic heterocycles. The largest absolute Gasteiger partial charge is 0.449 e. The molecule has 5 heteroatoms. The lowest BCUT2D eigenvalue weighted by molar-refractivity contribution is 0.0977. The summed E-state index contributed by atoms with van der Waals surface area (Å²) in [5.74, 6) is -1.12. The van der Waals surface area contributed by atoms with Crippen LogP contribution in [0.25, 0.3) is 21.7 Å². The maximum Gasteiger partial charge on any atom is 0.286 e. The quantitative estimate of drug-likeness (QED) is 0.596. The third kappa shape index (κ3) is 2.52. The lowest BCUT2D eigenvalue weighted by Crippen LogP contribution is -2.17. The monoisotopic (exact) mass is 330 g/mol. The van der Waals surface area contributed by atoms with Crippen molar-refractivity contribution in [1.29, 1.82) is 0 Å². The molecule has 0 aliphatic heterocycles. The molecule has 0 atom stereocenters. The van der Waals surface area contributed by atoms with Crippen molar-refractivity contribution in [2.24, 2.45) is 5.73 Å². The molecule has 0 saturated heterocycles. The van der Waals surface area contributed by atoms with Crippen LogP contribution in [0, 0.1) is 0 Å². The molecule has 25 heavy (non-hydrogen) atoms. The molecular formula is C20H14N2O3. The Hall–Kier alpha value is -3.60. The number of hydrogen-bond donors (Lipinski definition) is 2. The van der Waals surface area contributed by atoms with E-state index >= 15 is 0 Å². The van der Waals surface area contributed by atoms with Crippen LogP contribution >= 0.6 is 0 Å². The number of para-hydroxylation sites is 1. The van der Waals surface area contributed by atoms with Gasteiger partial charge in [0.05, 0.1) is 0 Å². The number of furan rings is 1. The number of hydrogen-bond acceptors (Lipinski definition) is 3. The van der Waals surface area contributed by atoms with Gasteiger partial charge in [-0.15, -0.1) is 0 Å². The number of nitrogens with two attached hydrogens (primary N) is 1. The summed E-state index contributed by atoms with van der Waals surface area (Å²) in [5, 5.41) is 5.21. The van der Waals surface area contributed by atoms with Crippen LogP contribution in [0.5, 0.6) is 0 Å². The summed E-state index contributed by atoms with van der Waals surface area (Å²) in [7, 11) is 0. The SMILES string of the molecule is NC(=O)c1oc2ccccc2c1NC(=O)c1cccc2ccccc12. The second kappa shape index (κ2) is 5.79. The Bertz CT molecular complexity index is 1120. The fourth-order valence-corrected chi connectivity index (χ4v) is 2.95. The van der Waals surface area contributed by atoms with Gasteiger partial charge in [0.1, 0.15) is 11.3 Å². The van der Waals surface area contributed by atoms with Gasteiger partial charge in [-0.25, -0.2) is 0 Å². The van der Waals surface area contributed by atoms with Crippen LogP contribution in [-0.2, 0) is 0 Å². The molecule has 0 bridgehead atoms. The minimum Gasteiger partial charge on any atom is -0.449 e. The number of nitrogens with one attached hydrogen (secondary N) is 1. The van der Waals surface area contributed by atoms with Crippen LogP contribution in [0.2, 0.25) is 0 Å². The van der Waals surface area contributed by atoms with Gasteiger partial charge in [-0.1, -0.05) is 48.5 Å². The lowest BCUT2D eigenvalue weighted by atomic mass is 10.0. The number of carbonyl (C=O) groups is 2. The molecule has 0 unspecified atom stereocenters. The van der Waals surface area contributed by atoms with Gasteiger partial charge in [0, 0.05) is 10.9 Å². The minimum absolute atomic E-state index is 0.0604. The number of benzene rings is 3. The first-order valence-corrected chi connectivity index (χ1v) is 7.75. The highest BCUT2D eigenvalue weighted by atomic mass is 16.3. The molecule has 0 aliphatic rings. The first kappa shape index (κ1) is 15.0. The highest BCUT2D eigenvalue weighted by Gasteiger charge is 2.21. The van der Waals surface area contributed by atoms with Crippen molar-refractivity contribution in [3.05, 3.63) is 78.1 Å². The molecule has 1 heterocycles. The van der Waals surface area contributed by atoms with E-state index in [1.54, 1.807) is 30.3 Å². The van der Waals surface area contributed by atoms with Gasteiger partial charge in [0.2, 0.25) is 5.76 Å². The Labute approximate surface area is 143 Å². The first-order chi connectivity index (χ1) is 12.1. The molecule has 2 amide bonds. The number of fused-ring (bicyclic) bond motifs is 2. The Balaban J connectivity index is 1.82. The Morgan fingerprint density at radius 3 is 2.32 bits per heavy atom. The maximum atomic E-state index is 12.8. The second-order valence-electron chi connectivity index (χ2n) is 5.65. The van der Waals surface area contributed by atoms with Crippen LogP contribution in [-0.4, -0.2) is 11.8 Å². The van der Waals surface area contributed by atoms with Crippen molar-refractivity contribution in [3.63, 3.8) is 0 Å². The van der Waals surface area contributed by atoms with Crippen LogP contribution in [0.3, 0.4) is 0 Å². The standard InChI is InChI=1S/C20H14N2O3/c21-19(23)18-17(15-9-3-4-11-16(15)25-18)22-20(24)14-10-5-7-12-6-1-2-8-13(12)14/h1-11H,(H2,21,23)(H,22,24). The summed E-state index contributed by atoms with van der Waals surface area (Å²) in [6.07, 6.45) is 0. The molecule has 4 aromatic rings. The van der Waals surface area contributed by atoms with E-state index in [1.807, 2.05) is 36.4 Å². The van der Waals surface area contributed by atoms with Crippen LogP contribution in [0.4, 0.5) is 5.69 Å². The van der Waals surface area contributed by atoms with Gasteiger partial charge in [-0.2, -0.15) is 0 Å². The van der Waals surface area contributed by atoms with Crippen molar-refractivity contribution in [3.8, 4) is 0 Å². The maximum absolute atomic E-state index is 12.8. The van der Waals surface area contributed by atoms with E-state index in [9.17, 15) is 9.59 Å². The molecule has 0 saturated carbocycles. The van der Waals surface area contributed by atoms with Crippen molar-refractivity contribution in [2.75, 3.05) is 5.32 Å². The topological polar surface area (TPSA) is 85.3 Å². The summed E-state index contributed by atoms with van der Waals surface area (Å²) in [6.45, 7) is 0. The molecule has 4 rings (SSSR count). The molecule has 3 aromatic carbocycles. The molecule has 3 N–H and O–H groups in total. The molecular weight excluding hydrogens is 316 g/mol. The molecule has 0 radical (unpaired) electrons. The Morgan fingerprint density at radius 1 is 0.840 bits per heavy atom. The number of anilines is 1. The number of amides is 2. The van der Waals surface area contributed by atoms with E-state index in [0.29, 0.717) is 22.2 Å². The summed E-state index contributed by atoms with van der Waals surface area (Å²) < 4.78 is 5.50. The van der Waals surface area contributed by atoms with E-state index in [1.165, 1.54) is 0 Å². The highest BCUT2D eigenvalue weighted by Crippen LogP contribution is 2.31. The van der Waals surface area contributed by atoms with Crippen molar-refractivity contribution < 1.29 is 14.0 Å². The van der Waals surface area contributed by atoms with Crippen molar-refractivity contribution in [1.82, 2.24) is 0 Å². The third-order valence-corrected chi connectivity index (χ3v) is 4.09.